The van der Waals surface area contributed by atoms with Crippen molar-refractivity contribution in [3.63, 3.8) is 0 Å². The number of carbonyl (C=O) groups is 1. The number of aromatic nitrogens is 1. The molecule has 0 spiro atoms. The lowest BCUT2D eigenvalue weighted by Gasteiger charge is -2.34. The second kappa shape index (κ2) is 4.62. The summed E-state index contributed by atoms with van der Waals surface area (Å²) in [6, 6.07) is 8.39. The normalized spacial score (nSPS) is 21.6. The second-order valence-corrected chi connectivity index (χ2v) is 5.77. The van der Waals surface area contributed by atoms with Gasteiger partial charge in [-0.05, 0) is 25.0 Å². The van der Waals surface area contributed by atoms with E-state index in [1.54, 1.807) is 0 Å². The van der Waals surface area contributed by atoms with Gasteiger partial charge in [-0.2, -0.15) is 0 Å². The third kappa shape index (κ3) is 1.84. The average Bonchev–Trinajstić information content (AvgIpc) is 2.87. The van der Waals surface area contributed by atoms with Crippen molar-refractivity contribution in [1.82, 2.24) is 9.88 Å². The van der Waals surface area contributed by atoms with Crippen LogP contribution in [0.15, 0.2) is 42.5 Å². The number of carbonyl (C=O) groups excluding carboxylic acids is 1. The highest BCUT2D eigenvalue weighted by Crippen LogP contribution is 2.37. The molecule has 1 amide bonds. The first-order valence-electron chi connectivity index (χ1n) is 7.53. The quantitative estimate of drug-likeness (QED) is 0.796. The van der Waals surface area contributed by atoms with E-state index in [-0.39, 0.29) is 11.8 Å². The van der Waals surface area contributed by atoms with Gasteiger partial charge in [0.1, 0.15) is 0 Å². The number of amides is 1. The topological polar surface area (TPSA) is 36.1 Å². The average molecular weight is 278 g/mol. The summed E-state index contributed by atoms with van der Waals surface area (Å²) in [5, 5.41) is 1.29. The summed E-state index contributed by atoms with van der Waals surface area (Å²) < 4.78 is 0. The molecule has 21 heavy (non-hydrogen) atoms. The molecule has 0 radical (unpaired) electrons. The SMILES string of the molecule is C/C=C/C1C=C2c3[nH]c4ccccc4c3CCN2C(=O)C1. The highest BCUT2D eigenvalue weighted by molar-refractivity contribution is 5.96. The molecule has 0 aliphatic carbocycles. The van der Waals surface area contributed by atoms with Crippen molar-refractivity contribution in [3.05, 3.63) is 53.8 Å². The number of hydrogen-bond donors (Lipinski definition) is 1. The predicted octanol–water partition coefficient (Wildman–Crippen LogP) is 3.49. The molecule has 1 aromatic carbocycles. The van der Waals surface area contributed by atoms with Crippen molar-refractivity contribution in [2.75, 3.05) is 6.54 Å². The van der Waals surface area contributed by atoms with Gasteiger partial charge in [0.05, 0.1) is 11.4 Å². The largest absolute Gasteiger partial charge is 0.353 e. The number of aromatic amines is 1. The molecule has 1 unspecified atom stereocenters. The number of benzene rings is 1. The molecule has 1 N–H and O–H groups in total. The smallest absolute Gasteiger partial charge is 0.227 e. The molecule has 4 rings (SSSR count). The van der Waals surface area contributed by atoms with E-state index in [0.717, 1.165) is 29.9 Å². The number of para-hydroxylation sites is 1. The van der Waals surface area contributed by atoms with E-state index in [1.807, 2.05) is 24.0 Å². The highest BCUT2D eigenvalue weighted by atomic mass is 16.2. The summed E-state index contributed by atoms with van der Waals surface area (Å²) in [5.74, 6) is 0.450. The van der Waals surface area contributed by atoms with Crippen LogP contribution in [-0.2, 0) is 11.2 Å². The number of allylic oxidation sites excluding steroid dienone is 3. The van der Waals surface area contributed by atoms with Crippen molar-refractivity contribution >= 4 is 22.5 Å². The maximum atomic E-state index is 12.4. The number of rotatable bonds is 1. The van der Waals surface area contributed by atoms with Gasteiger partial charge in [-0.15, -0.1) is 0 Å². The molecule has 0 fully saturated rings. The van der Waals surface area contributed by atoms with Gasteiger partial charge in [-0.25, -0.2) is 0 Å². The lowest BCUT2D eigenvalue weighted by atomic mass is 9.92. The van der Waals surface area contributed by atoms with E-state index < -0.39 is 0 Å². The Morgan fingerprint density at radius 2 is 2.19 bits per heavy atom. The molecular formula is C18H18N2O. The third-order valence-electron chi connectivity index (χ3n) is 4.47. The summed E-state index contributed by atoms with van der Waals surface area (Å²) in [4.78, 5) is 17.8. The fourth-order valence-corrected chi connectivity index (χ4v) is 3.53. The Hall–Kier alpha value is -2.29. The van der Waals surface area contributed by atoms with Gasteiger partial charge >= 0.3 is 0 Å². The monoisotopic (exact) mass is 278 g/mol. The summed E-state index contributed by atoms with van der Waals surface area (Å²) in [7, 11) is 0. The van der Waals surface area contributed by atoms with Crippen LogP contribution in [-0.4, -0.2) is 22.3 Å². The first kappa shape index (κ1) is 12.5. The van der Waals surface area contributed by atoms with Crippen LogP contribution in [0.3, 0.4) is 0 Å². The van der Waals surface area contributed by atoms with Crippen LogP contribution < -0.4 is 0 Å². The lowest BCUT2D eigenvalue weighted by Crippen LogP contribution is -2.38. The van der Waals surface area contributed by atoms with Crippen LogP contribution in [0.1, 0.15) is 24.6 Å². The Labute approximate surface area is 124 Å². The fraction of sp³-hybridized carbons (Fsp3) is 0.278. The molecule has 0 saturated carbocycles. The van der Waals surface area contributed by atoms with Crippen LogP contribution in [0.2, 0.25) is 0 Å². The van der Waals surface area contributed by atoms with Gasteiger partial charge in [-0.1, -0.05) is 36.4 Å². The van der Waals surface area contributed by atoms with Crippen LogP contribution in [0.5, 0.6) is 0 Å². The van der Waals surface area contributed by atoms with Crippen LogP contribution in [0.4, 0.5) is 0 Å². The predicted molar refractivity (Wildman–Crippen MR) is 84.6 cm³/mol. The van der Waals surface area contributed by atoms with Crippen molar-refractivity contribution in [1.29, 1.82) is 0 Å². The summed E-state index contributed by atoms with van der Waals surface area (Å²) in [6.07, 6.45) is 7.88. The molecule has 3 heteroatoms. The summed E-state index contributed by atoms with van der Waals surface area (Å²) in [5.41, 5.74) is 4.70. The van der Waals surface area contributed by atoms with Gasteiger partial charge in [-0.3, -0.25) is 4.79 Å². The van der Waals surface area contributed by atoms with Gasteiger partial charge < -0.3 is 9.88 Å². The standard InChI is InChI=1S/C18H18N2O/c1-2-5-12-10-16-18-14(8-9-20(16)17(21)11-12)13-6-3-4-7-15(13)19-18/h2-7,10,12,19H,8-9,11H2,1H3/b5-2+. The zero-order valence-corrected chi connectivity index (χ0v) is 12.1. The number of nitrogens with zero attached hydrogens (tertiary/aromatic N) is 1. The minimum absolute atomic E-state index is 0.214. The second-order valence-electron chi connectivity index (χ2n) is 5.77. The number of fused-ring (bicyclic) bond motifs is 5. The zero-order chi connectivity index (χ0) is 14.4. The molecule has 106 valence electrons. The van der Waals surface area contributed by atoms with Crippen molar-refractivity contribution in [2.24, 2.45) is 5.92 Å². The van der Waals surface area contributed by atoms with E-state index in [9.17, 15) is 4.79 Å². The van der Waals surface area contributed by atoms with Gasteiger partial charge in [0.25, 0.3) is 0 Å². The van der Waals surface area contributed by atoms with E-state index >= 15 is 0 Å². The van der Waals surface area contributed by atoms with Gasteiger partial charge in [0.2, 0.25) is 5.91 Å². The van der Waals surface area contributed by atoms with E-state index in [1.165, 1.54) is 10.9 Å². The minimum atomic E-state index is 0.214. The van der Waals surface area contributed by atoms with Gasteiger partial charge in [0.15, 0.2) is 0 Å². The van der Waals surface area contributed by atoms with Crippen molar-refractivity contribution in [2.45, 2.75) is 19.8 Å². The molecule has 3 heterocycles. The van der Waals surface area contributed by atoms with Crippen LogP contribution in [0, 0.1) is 5.92 Å². The Morgan fingerprint density at radius 1 is 1.33 bits per heavy atom. The molecule has 1 aromatic heterocycles. The summed E-state index contributed by atoms with van der Waals surface area (Å²) in [6.45, 7) is 2.80. The molecule has 1 atom stereocenters. The maximum Gasteiger partial charge on any atom is 0.227 e. The number of nitrogens with one attached hydrogen (secondary N) is 1. The first-order chi connectivity index (χ1) is 10.3. The molecule has 2 aromatic rings. The van der Waals surface area contributed by atoms with Crippen LogP contribution in [0.25, 0.3) is 16.6 Å². The van der Waals surface area contributed by atoms with E-state index in [4.69, 9.17) is 0 Å². The minimum Gasteiger partial charge on any atom is -0.353 e. The van der Waals surface area contributed by atoms with Crippen LogP contribution >= 0.6 is 0 Å². The molecule has 2 aliphatic rings. The third-order valence-corrected chi connectivity index (χ3v) is 4.47. The van der Waals surface area contributed by atoms with E-state index in [0.29, 0.717) is 6.42 Å². The van der Waals surface area contributed by atoms with Crippen molar-refractivity contribution in [3.8, 4) is 0 Å². The number of H-pyrrole nitrogens is 1. The Kier molecular flexibility index (Phi) is 2.74. The highest BCUT2D eigenvalue weighted by Gasteiger charge is 2.32. The van der Waals surface area contributed by atoms with Gasteiger partial charge in [0, 0.05) is 29.8 Å². The zero-order valence-electron chi connectivity index (χ0n) is 12.1. The fourth-order valence-electron chi connectivity index (χ4n) is 3.53. The molecule has 2 aliphatic heterocycles. The number of hydrogen-bond acceptors (Lipinski definition) is 1. The van der Waals surface area contributed by atoms with E-state index in [2.05, 4.69) is 35.3 Å². The molecule has 3 nitrogen and oxygen atoms in total. The van der Waals surface area contributed by atoms with Crippen molar-refractivity contribution < 1.29 is 4.79 Å². The first-order valence-corrected chi connectivity index (χ1v) is 7.53. The molecule has 0 bridgehead atoms. The Bertz CT molecular complexity index is 782. The molecule has 0 saturated heterocycles. The maximum absolute atomic E-state index is 12.4. The Morgan fingerprint density at radius 3 is 3.05 bits per heavy atom. The summed E-state index contributed by atoms with van der Waals surface area (Å²) >= 11 is 0. The lowest BCUT2D eigenvalue weighted by molar-refractivity contribution is -0.129. The Balaban J connectivity index is 1.91. The molecular weight excluding hydrogens is 260 g/mol.